The summed E-state index contributed by atoms with van der Waals surface area (Å²) in [6, 6.07) is 14.7. The van der Waals surface area contributed by atoms with Crippen molar-refractivity contribution in [1.82, 2.24) is 4.90 Å². The molecule has 0 spiro atoms. The molecule has 2 aromatic carbocycles. The van der Waals surface area contributed by atoms with Crippen molar-refractivity contribution in [2.24, 2.45) is 0 Å². The fourth-order valence-corrected chi connectivity index (χ4v) is 5.02. The minimum Gasteiger partial charge on any atom is -0.493 e. The Bertz CT molecular complexity index is 924. The molecule has 0 N–H and O–H groups in total. The standard InChI is InChI=1S/C21H25NO5S/c1-16-7-9-17(10-8-16)13-22(18-11-12-28(24,25)15-18)21(23)14-27-20-6-4-3-5-19(20)26-2/h3-10,18H,11-15H2,1-2H3/t18-/m1/s1. The van der Waals surface area contributed by atoms with Crippen LogP contribution in [0.15, 0.2) is 48.5 Å². The van der Waals surface area contributed by atoms with Gasteiger partial charge in [-0.15, -0.1) is 0 Å². The van der Waals surface area contributed by atoms with Gasteiger partial charge in [0.15, 0.2) is 27.9 Å². The van der Waals surface area contributed by atoms with E-state index in [1.165, 1.54) is 7.11 Å². The first kappa shape index (κ1) is 20.2. The first-order chi connectivity index (χ1) is 13.4. The summed E-state index contributed by atoms with van der Waals surface area (Å²) in [7, 11) is -1.57. The maximum atomic E-state index is 13.0. The first-order valence-corrected chi connectivity index (χ1v) is 11.0. The molecule has 3 rings (SSSR count). The molecule has 1 heterocycles. The van der Waals surface area contributed by atoms with Crippen molar-refractivity contribution < 1.29 is 22.7 Å². The van der Waals surface area contributed by atoms with Gasteiger partial charge in [-0.25, -0.2) is 8.42 Å². The molecule has 7 heteroatoms. The molecule has 1 saturated heterocycles. The fraction of sp³-hybridized carbons (Fsp3) is 0.381. The number of carbonyl (C=O) groups excluding carboxylic acids is 1. The van der Waals surface area contributed by atoms with Crippen LogP contribution in [0.25, 0.3) is 0 Å². The predicted molar refractivity (Wildman–Crippen MR) is 107 cm³/mol. The van der Waals surface area contributed by atoms with Gasteiger partial charge in [-0.05, 0) is 31.0 Å². The number of rotatable bonds is 7. The molecule has 1 aliphatic heterocycles. The van der Waals surface area contributed by atoms with Crippen LogP contribution >= 0.6 is 0 Å². The number of nitrogens with zero attached hydrogens (tertiary/aromatic N) is 1. The van der Waals surface area contributed by atoms with Crippen LogP contribution in [0.3, 0.4) is 0 Å². The van der Waals surface area contributed by atoms with Gasteiger partial charge in [0.1, 0.15) is 0 Å². The van der Waals surface area contributed by atoms with Crippen molar-refractivity contribution in [3.05, 3.63) is 59.7 Å². The van der Waals surface area contributed by atoms with Gasteiger partial charge in [0, 0.05) is 12.6 Å². The van der Waals surface area contributed by atoms with Crippen LogP contribution in [0, 0.1) is 6.92 Å². The zero-order valence-corrected chi connectivity index (χ0v) is 16.9. The highest BCUT2D eigenvalue weighted by molar-refractivity contribution is 7.91. The lowest BCUT2D eigenvalue weighted by molar-refractivity contribution is -0.136. The number of hydrogen-bond donors (Lipinski definition) is 0. The Morgan fingerprint density at radius 1 is 1.11 bits per heavy atom. The van der Waals surface area contributed by atoms with Gasteiger partial charge in [0.2, 0.25) is 0 Å². The molecule has 0 radical (unpaired) electrons. The van der Waals surface area contributed by atoms with Crippen LogP contribution in [-0.4, -0.2) is 50.5 Å². The Hall–Kier alpha value is -2.54. The summed E-state index contributed by atoms with van der Waals surface area (Å²) in [6.45, 7) is 2.18. The maximum Gasteiger partial charge on any atom is 0.261 e. The largest absolute Gasteiger partial charge is 0.493 e. The van der Waals surface area contributed by atoms with Crippen molar-refractivity contribution in [3.63, 3.8) is 0 Å². The minimum atomic E-state index is -3.11. The molecule has 6 nitrogen and oxygen atoms in total. The van der Waals surface area contributed by atoms with Crippen molar-refractivity contribution in [3.8, 4) is 11.5 Å². The molecule has 2 aromatic rings. The van der Waals surface area contributed by atoms with E-state index in [1.54, 1.807) is 23.1 Å². The number of para-hydroxylation sites is 2. The van der Waals surface area contributed by atoms with E-state index < -0.39 is 9.84 Å². The zero-order chi connectivity index (χ0) is 20.1. The third kappa shape index (κ3) is 5.04. The number of amides is 1. The Balaban J connectivity index is 1.75. The Morgan fingerprint density at radius 2 is 1.79 bits per heavy atom. The van der Waals surface area contributed by atoms with E-state index in [0.717, 1.165) is 11.1 Å². The van der Waals surface area contributed by atoms with Gasteiger partial charge >= 0.3 is 0 Å². The topological polar surface area (TPSA) is 72.9 Å². The van der Waals surface area contributed by atoms with Crippen LogP contribution in [0.5, 0.6) is 11.5 Å². The normalized spacial score (nSPS) is 17.9. The van der Waals surface area contributed by atoms with Crippen molar-refractivity contribution >= 4 is 15.7 Å². The predicted octanol–water partition coefficient (Wildman–Crippen LogP) is 2.60. The van der Waals surface area contributed by atoms with E-state index in [2.05, 4.69) is 0 Å². The molecule has 0 saturated carbocycles. The fourth-order valence-electron chi connectivity index (χ4n) is 3.29. The molecule has 1 atom stereocenters. The average Bonchev–Trinajstić information content (AvgIpc) is 3.05. The van der Waals surface area contributed by atoms with Crippen LogP contribution in [0.2, 0.25) is 0 Å². The van der Waals surface area contributed by atoms with E-state index in [1.807, 2.05) is 37.3 Å². The molecule has 28 heavy (non-hydrogen) atoms. The summed E-state index contributed by atoms with van der Waals surface area (Å²) in [5.74, 6) is 0.896. The molecule has 0 aromatic heterocycles. The lowest BCUT2D eigenvalue weighted by Gasteiger charge is -2.28. The monoisotopic (exact) mass is 403 g/mol. The highest BCUT2D eigenvalue weighted by Crippen LogP contribution is 2.26. The highest BCUT2D eigenvalue weighted by atomic mass is 32.2. The number of methoxy groups -OCH3 is 1. The molecule has 0 aliphatic carbocycles. The molecule has 0 bridgehead atoms. The van der Waals surface area contributed by atoms with Gasteiger partial charge in [-0.1, -0.05) is 42.0 Å². The molecule has 1 fully saturated rings. The second-order valence-electron chi connectivity index (χ2n) is 7.00. The second-order valence-corrected chi connectivity index (χ2v) is 9.23. The number of ether oxygens (including phenoxy) is 2. The second kappa shape index (κ2) is 8.65. The molecule has 1 aliphatic rings. The van der Waals surface area contributed by atoms with E-state index in [9.17, 15) is 13.2 Å². The lowest BCUT2D eigenvalue weighted by Crippen LogP contribution is -2.43. The number of benzene rings is 2. The number of hydrogen-bond acceptors (Lipinski definition) is 5. The quantitative estimate of drug-likeness (QED) is 0.711. The van der Waals surface area contributed by atoms with E-state index >= 15 is 0 Å². The summed E-state index contributed by atoms with van der Waals surface area (Å²) in [4.78, 5) is 14.6. The number of aryl methyl sites for hydroxylation is 1. The molecule has 0 unspecified atom stereocenters. The summed E-state index contributed by atoms with van der Waals surface area (Å²) >= 11 is 0. The Labute approximate surface area is 166 Å². The Kier molecular flexibility index (Phi) is 6.24. The van der Waals surface area contributed by atoms with Crippen molar-refractivity contribution in [2.75, 3.05) is 25.2 Å². The van der Waals surface area contributed by atoms with Crippen molar-refractivity contribution in [2.45, 2.75) is 25.9 Å². The minimum absolute atomic E-state index is 0.000735. The van der Waals surface area contributed by atoms with Crippen LogP contribution in [0.4, 0.5) is 0 Å². The molecular weight excluding hydrogens is 378 g/mol. The average molecular weight is 404 g/mol. The first-order valence-electron chi connectivity index (χ1n) is 9.19. The lowest BCUT2D eigenvalue weighted by atomic mass is 10.1. The summed E-state index contributed by atoms with van der Waals surface area (Å²) in [5.41, 5.74) is 2.09. The maximum absolute atomic E-state index is 13.0. The van der Waals surface area contributed by atoms with E-state index in [0.29, 0.717) is 24.5 Å². The highest BCUT2D eigenvalue weighted by Gasteiger charge is 2.34. The van der Waals surface area contributed by atoms with Gasteiger partial charge in [-0.2, -0.15) is 0 Å². The third-order valence-electron chi connectivity index (χ3n) is 4.86. The SMILES string of the molecule is COc1ccccc1OCC(=O)N(Cc1ccc(C)cc1)[C@@H]1CCS(=O)(=O)C1. The summed E-state index contributed by atoms with van der Waals surface area (Å²) in [5, 5.41) is 0. The summed E-state index contributed by atoms with van der Waals surface area (Å²) in [6.07, 6.45) is 0.453. The zero-order valence-electron chi connectivity index (χ0n) is 16.1. The molecule has 1 amide bonds. The molecule has 150 valence electrons. The Morgan fingerprint density at radius 3 is 2.39 bits per heavy atom. The van der Waals surface area contributed by atoms with E-state index in [-0.39, 0.29) is 30.1 Å². The van der Waals surface area contributed by atoms with Gasteiger partial charge < -0.3 is 14.4 Å². The number of sulfone groups is 1. The number of carbonyl (C=O) groups is 1. The van der Waals surface area contributed by atoms with Gasteiger partial charge in [0.05, 0.1) is 18.6 Å². The van der Waals surface area contributed by atoms with Gasteiger partial charge in [0.25, 0.3) is 5.91 Å². The van der Waals surface area contributed by atoms with E-state index in [4.69, 9.17) is 9.47 Å². The molecular formula is C21H25NO5S. The smallest absolute Gasteiger partial charge is 0.261 e. The van der Waals surface area contributed by atoms with Crippen LogP contribution in [-0.2, 0) is 21.2 Å². The van der Waals surface area contributed by atoms with Crippen LogP contribution in [0.1, 0.15) is 17.5 Å². The third-order valence-corrected chi connectivity index (χ3v) is 6.61. The van der Waals surface area contributed by atoms with Crippen LogP contribution < -0.4 is 9.47 Å². The summed E-state index contributed by atoms with van der Waals surface area (Å²) < 4.78 is 34.8. The van der Waals surface area contributed by atoms with Crippen molar-refractivity contribution in [1.29, 1.82) is 0 Å². The van der Waals surface area contributed by atoms with Gasteiger partial charge in [-0.3, -0.25) is 4.79 Å².